The van der Waals surface area contributed by atoms with Gasteiger partial charge in [-0.25, -0.2) is 0 Å². The second kappa shape index (κ2) is 9.71. The maximum absolute atomic E-state index is 12.4. The zero-order chi connectivity index (χ0) is 21.8. The van der Waals surface area contributed by atoms with Crippen LogP contribution in [0, 0.1) is 11.3 Å². The smallest absolute Gasteiger partial charge is 0.262 e. The average Bonchev–Trinajstić information content (AvgIpc) is 3.09. The summed E-state index contributed by atoms with van der Waals surface area (Å²) in [6, 6.07) is 17.4. The Morgan fingerprint density at radius 2 is 2.03 bits per heavy atom. The van der Waals surface area contributed by atoms with Crippen LogP contribution in [0.5, 0.6) is 5.75 Å². The summed E-state index contributed by atoms with van der Waals surface area (Å²) in [5.74, 6) is 0.0333. The van der Waals surface area contributed by atoms with Crippen molar-refractivity contribution >= 4 is 45.4 Å². The number of benzene rings is 2. The summed E-state index contributed by atoms with van der Waals surface area (Å²) >= 11 is 13.4. The Labute approximate surface area is 194 Å². The van der Waals surface area contributed by atoms with Crippen LogP contribution in [0.25, 0.3) is 0 Å². The van der Waals surface area contributed by atoms with Gasteiger partial charge in [0, 0.05) is 29.5 Å². The van der Waals surface area contributed by atoms with Crippen LogP contribution in [0.1, 0.15) is 21.6 Å². The fourth-order valence-electron chi connectivity index (χ4n) is 3.54. The number of carbonyl (C=O) groups excluding carboxylic acids is 1. The normalized spacial score (nSPS) is 13.3. The number of hydrogen-bond acceptors (Lipinski definition) is 5. The summed E-state index contributed by atoms with van der Waals surface area (Å²) in [6.45, 7) is 2.28. The predicted molar refractivity (Wildman–Crippen MR) is 124 cm³/mol. The number of amides is 1. The number of nitrogens with zero attached hydrogens (tertiary/aromatic N) is 2. The lowest BCUT2D eigenvalue weighted by Gasteiger charge is -2.26. The Hall–Kier alpha value is -2.56. The highest BCUT2D eigenvalue weighted by molar-refractivity contribution is 7.16. The molecule has 1 N–H and O–H groups in total. The van der Waals surface area contributed by atoms with E-state index in [1.807, 2.05) is 18.2 Å². The molecule has 5 nitrogen and oxygen atoms in total. The van der Waals surface area contributed by atoms with Gasteiger partial charge >= 0.3 is 0 Å². The van der Waals surface area contributed by atoms with E-state index in [0.717, 1.165) is 36.5 Å². The second-order valence-electron chi connectivity index (χ2n) is 7.18. The first-order chi connectivity index (χ1) is 15.0. The molecule has 0 saturated carbocycles. The van der Waals surface area contributed by atoms with Gasteiger partial charge in [-0.1, -0.05) is 53.5 Å². The van der Waals surface area contributed by atoms with Gasteiger partial charge in [-0.3, -0.25) is 9.69 Å². The molecule has 4 rings (SSSR count). The molecule has 0 saturated heterocycles. The van der Waals surface area contributed by atoms with Crippen molar-refractivity contribution in [2.24, 2.45) is 0 Å². The number of hydrogen-bond donors (Lipinski definition) is 1. The average molecular weight is 472 g/mol. The van der Waals surface area contributed by atoms with Crippen LogP contribution in [-0.2, 0) is 24.3 Å². The van der Waals surface area contributed by atoms with Crippen LogP contribution in [0.2, 0.25) is 10.0 Å². The van der Waals surface area contributed by atoms with E-state index in [1.54, 1.807) is 18.2 Å². The number of ether oxygens (including phenoxy) is 1. The molecule has 0 fully saturated rings. The van der Waals surface area contributed by atoms with E-state index in [0.29, 0.717) is 26.4 Å². The summed E-state index contributed by atoms with van der Waals surface area (Å²) in [5, 5.41) is 13.9. The molecule has 1 aromatic heterocycles. The first-order valence-corrected chi connectivity index (χ1v) is 11.3. The van der Waals surface area contributed by atoms with Gasteiger partial charge in [0.25, 0.3) is 5.91 Å². The standard InChI is InChI=1S/C23H19Cl2N3O2S/c24-16-6-7-20(19(25)10-16)30-14-22(29)27-23-18(11-26)17-8-9-28(13-21(17)31-23)12-15-4-2-1-3-5-15/h1-7,10H,8-9,12-14H2,(H,27,29). The van der Waals surface area contributed by atoms with Gasteiger partial charge in [0.15, 0.2) is 6.61 Å². The highest BCUT2D eigenvalue weighted by Crippen LogP contribution is 2.37. The van der Waals surface area contributed by atoms with Crippen LogP contribution >= 0.6 is 34.5 Å². The van der Waals surface area contributed by atoms with Crippen molar-refractivity contribution in [3.8, 4) is 11.8 Å². The van der Waals surface area contributed by atoms with E-state index in [2.05, 4.69) is 28.4 Å². The summed E-state index contributed by atoms with van der Waals surface area (Å²) in [6.07, 6.45) is 0.786. The largest absolute Gasteiger partial charge is 0.482 e. The minimum atomic E-state index is -0.345. The first kappa shape index (κ1) is 21.7. The predicted octanol–water partition coefficient (Wildman–Crippen LogP) is 5.50. The zero-order valence-electron chi connectivity index (χ0n) is 16.5. The monoisotopic (exact) mass is 471 g/mol. The summed E-state index contributed by atoms with van der Waals surface area (Å²) in [7, 11) is 0. The van der Waals surface area contributed by atoms with Crippen LogP contribution < -0.4 is 10.1 Å². The van der Waals surface area contributed by atoms with Crippen molar-refractivity contribution in [1.82, 2.24) is 4.90 Å². The van der Waals surface area contributed by atoms with Crippen LogP contribution in [0.15, 0.2) is 48.5 Å². The Morgan fingerprint density at radius 1 is 1.23 bits per heavy atom. The van der Waals surface area contributed by atoms with Gasteiger partial charge in [-0.05, 0) is 35.7 Å². The fraction of sp³-hybridized carbons (Fsp3) is 0.217. The molecule has 0 bridgehead atoms. The first-order valence-electron chi connectivity index (χ1n) is 9.72. The molecule has 158 valence electrons. The molecule has 31 heavy (non-hydrogen) atoms. The number of rotatable bonds is 6. The quantitative estimate of drug-likeness (QED) is 0.515. The van der Waals surface area contributed by atoms with Crippen molar-refractivity contribution in [2.45, 2.75) is 19.5 Å². The van der Waals surface area contributed by atoms with Crippen molar-refractivity contribution in [3.05, 3.63) is 80.1 Å². The summed E-state index contributed by atoms with van der Waals surface area (Å²) in [5.41, 5.74) is 2.85. The molecule has 0 unspecified atom stereocenters. The fourth-order valence-corrected chi connectivity index (χ4v) is 5.26. The van der Waals surface area contributed by atoms with Crippen LogP contribution in [0.3, 0.4) is 0 Å². The Balaban J connectivity index is 1.41. The van der Waals surface area contributed by atoms with Gasteiger partial charge in [0.05, 0.1) is 10.6 Å². The Morgan fingerprint density at radius 3 is 2.77 bits per heavy atom. The lowest BCUT2D eigenvalue weighted by molar-refractivity contribution is -0.118. The molecule has 3 aromatic rings. The molecule has 1 aliphatic heterocycles. The maximum atomic E-state index is 12.4. The van der Waals surface area contributed by atoms with Gasteiger partial charge in [0.2, 0.25) is 0 Å². The SMILES string of the molecule is N#Cc1c(NC(=O)COc2ccc(Cl)cc2Cl)sc2c1CCN(Cc1ccccc1)C2. The van der Waals surface area contributed by atoms with E-state index in [9.17, 15) is 10.1 Å². The molecule has 2 aromatic carbocycles. The Kier molecular flexibility index (Phi) is 6.79. The van der Waals surface area contributed by atoms with Gasteiger partial charge < -0.3 is 10.1 Å². The molecule has 0 spiro atoms. The third-order valence-corrected chi connectivity index (χ3v) is 6.67. The molecular weight excluding hydrogens is 453 g/mol. The minimum absolute atomic E-state index is 0.213. The van der Waals surface area contributed by atoms with Gasteiger partial charge in [0.1, 0.15) is 16.8 Å². The summed E-state index contributed by atoms with van der Waals surface area (Å²) in [4.78, 5) is 15.9. The molecule has 0 aliphatic carbocycles. The number of thiophene rings is 1. The third kappa shape index (κ3) is 5.20. The lowest BCUT2D eigenvalue weighted by Crippen LogP contribution is -2.29. The van der Waals surface area contributed by atoms with E-state index in [-0.39, 0.29) is 12.5 Å². The van der Waals surface area contributed by atoms with Crippen molar-refractivity contribution < 1.29 is 9.53 Å². The number of nitrogens with one attached hydrogen (secondary N) is 1. The van der Waals surface area contributed by atoms with Crippen molar-refractivity contribution in [3.63, 3.8) is 0 Å². The highest BCUT2D eigenvalue weighted by atomic mass is 35.5. The molecule has 1 aliphatic rings. The molecule has 0 radical (unpaired) electrons. The second-order valence-corrected chi connectivity index (χ2v) is 9.13. The number of fused-ring (bicyclic) bond motifs is 1. The van der Waals surface area contributed by atoms with E-state index >= 15 is 0 Å². The van der Waals surface area contributed by atoms with E-state index < -0.39 is 0 Å². The number of anilines is 1. The molecule has 2 heterocycles. The Bertz CT molecular complexity index is 1140. The molecule has 0 atom stereocenters. The molecule has 8 heteroatoms. The lowest BCUT2D eigenvalue weighted by atomic mass is 10.0. The third-order valence-electron chi connectivity index (χ3n) is 5.00. The van der Waals surface area contributed by atoms with E-state index in [4.69, 9.17) is 27.9 Å². The topological polar surface area (TPSA) is 65.4 Å². The van der Waals surface area contributed by atoms with Crippen LogP contribution in [0.4, 0.5) is 5.00 Å². The van der Waals surface area contributed by atoms with Crippen LogP contribution in [-0.4, -0.2) is 24.0 Å². The number of nitriles is 1. The summed E-state index contributed by atoms with van der Waals surface area (Å²) < 4.78 is 5.50. The molecular formula is C23H19Cl2N3O2S. The van der Waals surface area contributed by atoms with Gasteiger partial charge in [-0.15, -0.1) is 11.3 Å². The molecule has 1 amide bonds. The maximum Gasteiger partial charge on any atom is 0.262 e. The zero-order valence-corrected chi connectivity index (χ0v) is 18.9. The number of carbonyl (C=O) groups is 1. The van der Waals surface area contributed by atoms with Crippen molar-refractivity contribution in [1.29, 1.82) is 5.26 Å². The number of halogens is 2. The minimum Gasteiger partial charge on any atom is -0.482 e. The van der Waals surface area contributed by atoms with E-state index in [1.165, 1.54) is 16.9 Å². The van der Waals surface area contributed by atoms with Crippen molar-refractivity contribution in [2.75, 3.05) is 18.5 Å². The van der Waals surface area contributed by atoms with Gasteiger partial charge in [-0.2, -0.15) is 5.26 Å². The highest BCUT2D eigenvalue weighted by Gasteiger charge is 2.25.